The van der Waals surface area contributed by atoms with Crippen LogP contribution < -0.4 is 0 Å². The molecule has 0 saturated carbocycles. The number of alkyl halides is 1. The molecule has 0 aliphatic carbocycles. The van der Waals surface area contributed by atoms with Crippen LogP contribution in [0.5, 0.6) is 0 Å². The molecule has 50 valence electrons. The van der Waals surface area contributed by atoms with Gasteiger partial charge in [-0.3, -0.25) is 4.99 Å². The van der Waals surface area contributed by atoms with Crippen LogP contribution in [0.3, 0.4) is 0 Å². The van der Waals surface area contributed by atoms with E-state index in [1.54, 1.807) is 6.92 Å². The smallest absolute Gasteiger partial charge is 0.350 e. The maximum Gasteiger partial charge on any atom is 0.350 e. The molecule has 1 atom stereocenters. The number of methoxy groups -OCH3 is 1. The number of carbonyl (C=O) groups is 1. The van der Waals surface area contributed by atoms with Crippen LogP contribution in [0.2, 0.25) is 0 Å². The second-order valence-electron chi connectivity index (χ2n) is 1.81. The highest BCUT2D eigenvalue weighted by molar-refractivity contribution is 9.10. The lowest BCUT2D eigenvalue weighted by Crippen LogP contribution is -2.23. The standard InChI is InChI=1S/C5H6BrNO2/c1-3-5(6,7-3)4(8)9-2/h1-2H3. The molecule has 0 N–H and O–H groups in total. The Morgan fingerprint density at radius 1 is 1.89 bits per heavy atom. The molecule has 0 saturated heterocycles. The third kappa shape index (κ3) is 0.871. The molecule has 1 aliphatic heterocycles. The van der Waals surface area contributed by atoms with Crippen molar-refractivity contribution in [1.82, 2.24) is 0 Å². The molecule has 0 aromatic heterocycles. The molecular formula is C5H6BrNO2. The van der Waals surface area contributed by atoms with Crippen LogP contribution in [0.25, 0.3) is 0 Å². The van der Waals surface area contributed by atoms with Crippen molar-refractivity contribution in [2.45, 2.75) is 11.4 Å². The molecular weight excluding hydrogens is 186 g/mol. The first-order valence-electron chi connectivity index (χ1n) is 2.45. The number of rotatable bonds is 1. The fraction of sp³-hybridized carbons (Fsp3) is 0.600. The van der Waals surface area contributed by atoms with Gasteiger partial charge in [0.1, 0.15) is 0 Å². The van der Waals surface area contributed by atoms with Crippen molar-refractivity contribution in [2.75, 3.05) is 7.11 Å². The minimum absolute atomic E-state index is 0.347. The number of hydrogen-bond donors (Lipinski definition) is 0. The van der Waals surface area contributed by atoms with E-state index < -0.39 is 4.45 Å². The van der Waals surface area contributed by atoms with Gasteiger partial charge in [0.15, 0.2) is 0 Å². The lowest BCUT2D eigenvalue weighted by Gasteiger charge is -2.00. The Hall–Kier alpha value is -0.380. The largest absolute Gasteiger partial charge is 0.466 e. The summed E-state index contributed by atoms with van der Waals surface area (Å²) in [6, 6.07) is 0. The summed E-state index contributed by atoms with van der Waals surface area (Å²) in [6.07, 6.45) is 0. The summed E-state index contributed by atoms with van der Waals surface area (Å²) in [6.45, 7) is 1.77. The van der Waals surface area contributed by atoms with Gasteiger partial charge in [-0.15, -0.1) is 0 Å². The number of ether oxygens (including phenoxy) is 1. The summed E-state index contributed by atoms with van der Waals surface area (Å²) < 4.78 is 3.66. The van der Waals surface area contributed by atoms with Crippen LogP contribution in [-0.2, 0) is 9.53 Å². The number of esters is 1. The van der Waals surface area contributed by atoms with Gasteiger partial charge in [-0.1, -0.05) is 0 Å². The number of halogens is 1. The van der Waals surface area contributed by atoms with Gasteiger partial charge in [-0.2, -0.15) is 0 Å². The lowest BCUT2D eigenvalue weighted by molar-refractivity contribution is -0.140. The monoisotopic (exact) mass is 191 g/mol. The first-order chi connectivity index (χ1) is 4.11. The number of hydrogen-bond acceptors (Lipinski definition) is 3. The predicted octanol–water partition coefficient (Wildman–Crippen LogP) is 0.725. The molecule has 0 aromatic carbocycles. The molecule has 3 nitrogen and oxygen atoms in total. The van der Waals surface area contributed by atoms with Gasteiger partial charge >= 0.3 is 5.97 Å². The fourth-order valence-corrected chi connectivity index (χ4v) is 0.960. The summed E-state index contributed by atoms with van der Waals surface area (Å²) >= 11 is 3.10. The van der Waals surface area contributed by atoms with Crippen LogP contribution in [0.15, 0.2) is 4.99 Å². The number of aliphatic imine (C=N–C) groups is 1. The van der Waals surface area contributed by atoms with Gasteiger partial charge in [-0.05, 0) is 22.9 Å². The van der Waals surface area contributed by atoms with E-state index in [1.165, 1.54) is 7.11 Å². The molecule has 0 amide bonds. The SMILES string of the molecule is COC(=O)C1(Br)N=C1C. The van der Waals surface area contributed by atoms with Gasteiger partial charge in [0.05, 0.1) is 12.8 Å². The van der Waals surface area contributed by atoms with Crippen molar-refractivity contribution in [3.05, 3.63) is 0 Å². The van der Waals surface area contributed by atoms with E-state index in [2.05, 4.69) is 25.7 Å². The van der Waals surface area contributed by atoms with E-state index in [9.17, 15) is 4.79 Å². The van der Waals surface area contributed by atoms with Crippen LogP contribution in [0.4, 0.5) is 0 Å². The van der Waals surface area contributed by atoms with Crippen molar-refractivity contribution >= 4 is 27.6 Å². The second kappa shape index (κ2) is 1.80. The Morgan fingerprint density at radius 2 is 2.33 bits per heavy atom. The molecule has 0 radical (unpaired) electrons. The van der Waals surface area contributed by atoms with Crippen LogP contribution in [0, 0.1) is 0 Å². The Balaban J connectivity index is 2.57. The summed E-state index contributed by atoms with van der Waals surface area (Å²) in [5.41, 5.74) is 0.773. The average molecular weight is 192 g/mol. The zero-order valence-electron chi connectivity index (χ0n) is 5.14. The summed E-state index contributed by atoms with van der Waals surface area (Å²) in [4.78, 5) is 14.5. The highest BCUT2D eigenvalue weighted by Gasteiger charge is 2.50. The van der Waals surface area contributed by atoms with E-state index >= 15 is 0 Å². The highest BCUT2D eigenvalue weighted by atomic mass is 79.9. The summed E-state index contributed by atoms with van der Waals surface area (Å²) in [7, 11) is 1.34. The van der Waals surface area contributed by atoms with Crippen molar-refractivity contribution in [1.29, 1.82) is 0 Å². The molecule has 0 bridgehead atoms. The quantitative estimate of drug-likeness (QED) is 0.349. The number of nitrogens with zero attached hydrogens (tertiary/aromatic N) is 1. The summed E-state index contributed by atoms with van der Waals surface area (Å²) in [5.74, 6) is -0.347. The van der Waals surface area contributed by atoms with E-state index in [4.69, 9.17) is 0 Å². The normalized spacial score (nSPS) is 31.2. The van der Waals surface area contributed by atoms with E-state index in [0.29, 0.717) is 0 Å². The minimum Gasteiger partial charge on any atom is -0.466 e. The average Bonchev–Trinajstić information content (AvgIpc) is 2.41. The molecule has 1 heterocycles. The molecule has 4 heteroatoms. The first-order valence-corrected chi connectivity index (χ1v) is 3.25. The van der Waals surface area contributed by atoms with Gasteiger partial charge in [0.25, 0.3) is 0 Å². The van der Waals surface area contributed by atoms with Crippen LogP contribution >= 0.6 is 15.9 Å². The number of carbonyl (C=O) groups excluding carboxylic acids is 1. The van der Waals surface area contributed by atoms with Gasteiger partial charge in [0, 0.05) is 0 Å². The van der Waals surface area contributed by atoms with Gasteiger partial charge < -0.3 is 4.74 Å². The second-order valence-corrected chi connectivity index (χ2v) is 2.96. The fourth-order valence-electron chi connectivity index (χ4n) is 0.532. The van der Waals surface area contributed by atoms with Crippen LogP contribution in [-0.4, -0.2) is 23.2 Å². The Morgan fingerprint density at radius 3 is 2.44 bits per heavy atom. The predicted molar refractivity (Wildman–Crippen MR) is 36.8 cm³/mol. The van der Waals surface area contributed by atoms with Crippen molar-refractivity contribution in [2.24, 2.45) is 4.99 Å². The molecule has 0 fully saturated rings. The highest BCUT2D eigenvalue weighted by Crippen LogP contribution is 2.35. The maximum atomic E-state index is 10.7. The van der Waals surface area contributed by atoms with Gasteiger partial charge in [0.2, 0.25) is 4.45 Å². The Labute approximate surface area is 61.2 Å². The third-order valence-corrected chi connectivity index (χ3v) is 2.28. The van der Waals surface area contributed by atoms with E-state index in [-0.39, 0.29) is 5.97 Å². The molecule has 1 rings (SSSR count). The first kappa shape index (κ1) is 6.74. The van der Waals surface area contributed by atoms with E-state index in [0.717, 1.165) is 5.71 Å². The lowest BCUT2D eigenvalue weighted by atomic mass is 10.3. The third-order valence-electron chi connectivity index (χ3n) is 1.21. The summed E-state index contributed by atoms with van der Waals surface area (Å²) in [5, 5.41) is 0. The minimum atomic E-state index is -0.790. The Bertz CT molecular complexity index is 189. The molecule has 0 aromatic rings. The topological polar surface area (TPSA) is 38.7 Å². The zero-order valence-corrected chi connectivity index (χ0v) is 6.73. The molecule has 1 unspecified atom stereocenters. The van der Waals surface area contributed by atoms with Crippen molar-refractivity contribution in [3.8, 4) is 0 Å². The van der Waals surface area contributed by atoms with Crippen LogP contribution in [0.1, 0.15) is 6.92 Å². The zero-order chi connectivity index (χ0) is 7.07. The van der Waals surface area contributed by atoms with Crippen molar-refractivity contribution < 1.29 is 9.53 Å². The molecule has 1 aliphatic rings. The van der Waals surface area contributed by atoms with Crippen molar-refractivity contribution in [3.63, 3.8) is 0 Å². The van der Waals surface area contributed by atoms with Gasteiger partial charge in [-0.25, -0.2) is 4.79 Å². The van der Waals surface area contributed by atoms with E-state index in [1.807, 2.05) is 0 Å². The molecule has 9 heavy (non-hydrogen) atoms. The Kier molecular flexibility index (Phi) is 1.35. The maximum absolute atomic E-state index is 10.7. The molecule has 0 spiro atoms.